The van der Waals surface area contributed by atoms with E-state index >= 15 is 0 Å². The number of rotatable bonds is 7. The minimum Gasteiger partial charge on any atom is -0.383 e. The summed E-state index contributed by atoms with van der Waals surface area (Å²) >= 11 is 0. The average Bonchev–Trinajstić information content (AvgIpc) is 2.71. The van der Waals surface area contributed by atoms with E-state index in [0.717, 1.165) is 45.6 Å². The summed E-state index contributed by atoms with van der Waals surface area (Å²) in [5.74, 6) is 0.340. The molecular formula is C23H37N3O2. The molecule has 0 spiro atoms. The average molecular weight is 388 g/mol. The summed E-state index contributed by atoms with van der Waals surface area (Å²) in [6.45, 7) is 11.1. The Morgan fingerprint density at radius 1 is 1.14 bits per heavy atom. The molecule has 5 heteroatoms. The number of piperidine rings is 2. The van der Waals surface area contributed by atoms with E-state index < -0.39 is 0 Å². The SMILES string of the molecule is COCCNC(=O)[C@H]1CCCN(C2CCN(Cc3c(C)cccc3C)CC2)C1. The third kappa shape index (κ3) is 5.56. The molecule has 1 N–H and O–H groups in total. The number of nitrogens with zero attached hydrogens (tertiary/aromatic N) is 2. The van der Waals surface area contributed by atoms with Gasteiger partial charge in [0.15, 0.2) is 0 Å². The van der Waals surface area contributed by atoms with Crippen LogP contribution in [0.4, 0.5) is 0 Å². The summed E-state index contributed by atoms with van der Waals surface area (Å²) < 4.78 is 5.03. The molecule has 28 heavy (non-hydrogen) atoms. The summed E-state index contributed by atoms with van der Waals surface area (Å²) in [6.07, 6.45) is 4.57. The molecule has 2 saturated heterocycles. The predicted molar refractivity (Wildman–Crippen MR) is 113 cm³/mol. The Bertz CT molecular complexity index is 620. The van der Waals surface area contributed by atoms with Crippen molar-refractivity contribution < 1.29 is 9.53 Å². The molecule has 0 unspecified atom stereocenters. The van der Waals surface area contributed by atoms with Crippen molar-refractivity contribution in [3.05, 3.63) is 34.9 Å². The van der Waals surface area contributed by atoms with Crippen molar-refractivity contribution in [2.24, 2.45) is 5.92 Å². The largest absolute Gasteiger partial charge is 0.383 e. The highest BCUT2D eigenvalue weighted by molar-refractivity contribution is 5.78. The van der Waals surface area contributed by atoms with Gasteiger partial charge in [-0.25, -0.2) is 0 Å². The van der Waals surface area contributed by atoms with Crippen LogP contribution in [0.3, 0.4) is 0 Å². The molecule has 0 saturated carbocycles. The number of amides is 1. The Hall–Kier alpha value is -1.43. The zero-order chi connectivity index (χ0) is 19.9. The molecule has 1 aromatic rings. The third-order valence-electron chi connectivity index (χ3n) is 6.53. The lowest BCUT2D eigenvalue weighted by Crippen LogP contribution is -2.50. The van der Waals surface area contributed by atoms with E-state index in [1.807, 2.05) is 0 Å². The Morgan fingerprint density at radius 2 is 1.86 bits per heavy atom. The Labute approximate surface area is 170 Å². The van der Waals surface area contributed by atoms with Gasteiger partial charge in [0.1, 0.15) is 0 Å². The maximum absolute atomic E-state index is 12.4. The van der Waals surface area contributed by atoms with Crippen molar-refractivity contribution >= 4 is 5.91 Å². The van der Waals surface area contributed by atoms with Crippen LogP contribution in [0.25, 0.3) is 0 Å². The molecule has 1 aromatic carbocycles. The summed E-state index contributed by atoms with van der Waals surface area (Å²) in [7, 11) is 1.67. The number of carbonyl (C=O) groups excluding carboxylic acids is 1. The lowest BCUT2D eigenvalue weighted by Gasteiger charge is -2.42. The Balaban J connectivity index is 1.47. The van der Waals surface area contributed by atoms with Gasteiger partial charge in [-0.1, -0.05) is 18.2 Å². The molecule has 0 aromatic heterocycles. The van der Waals surface area contributed by atoms with Gasteiger partial charge in [-0.15, -0.1) is 0 Å². The molecule has 156 valence electrons. The second-order valence-corrected chi connectivity index (χ2v) is 8.50. The first kappa shape index (κ1) is 21.3. The van der Waals surface area contributed by atoms with Crippen molar-refractivity contribution in [1.29, 1.82) is 0 Å². The first-order valence-corrected chi connectivity index (χ1v) is 10.9. The molecule has 2 aliphatic heterocycles. The quantitative estimate of drug-likeness (QED) is 0.731. The second-order valence-electron chi connectivity index (χ2n) is 8.50. The van der Waals surface area contributed by atoms with Crippen LogP contribution in [-0.4, -0.2) is 68.2 Å². The van der Waals surface area contributed by atoms with Gasteiger partial charge in [0.2, 0.25) is 5.91 Å². The third-order valence-corrected chi connectivity index (χ3v) is 6.53. The summed E-state index contributed by atoms with van der Waals surface area (Å²) in [5.41, 5.74) is 4.30. The fraction of sp³-hybridized carbons (Fsp3) is 0.696. The van der Waals surface area contributed by atoms with Crippen LogP contribution in [0.1, 0.15) is 42.4 Å². The smallest absolute Gasteiger partial charge is 0.224 e. The van der Waals surface area contributed by atoms with E-state index in [1.165, 1.54) is 29.5 Å². The van der Waals surface area contributed by atoms with Crippen molar-refractivity contribution in [2.45, 2.75) is 52.1 Å². The van der Waals surface area contributed by atoms with Crippen LogP contribution in [0.15, 0.2) is 18.2 Å². The van der Waals surface area contributed by atoms with E-state index in [9.17, 15) is 4.79 Å². The maximum atomic E-state index is 12.4. The van der Waals surface area contributed by atoms with Gasteiger partial charge in [-0.05, 0) is 75.9 Å². The van der Waals surface area contributed by atoms with E-state index in [2.05, 4.69) is 47.2 Å². The van der Waals surface area contributed by atoms with Gasteiger partial charge in [-0.2, -0.15) is 0 Å². The molecule has 2 fully saturated rings. The molecule has 2 aliphatic rings. The Kier molecular flexibility index (Phi) is 7.89. The fourth-order valence-corrected chi connectivity index (χ4v) is 4.74. The molecule has 1 amide bonds. The number of nitrogens with one attached hydrogen (secondary N) is 1. The van der Waals surface area contributed by atoms with Crippen molar-refractivity contribution in [2.75, 3.05) is 46.4 Å². The molecule has 3 rings (SSSR count). The van der Waals surface area contributed by atoms with E-state index in [1.54, 1.807) is 7.11 Å². The fourth-order valence-electron chi connectivity index (χ4n) is 4.74. The number of benzene rings is 1. The summed E-state index contributed by atoms with van der Waals surface area (Å²) in [6, 6.07) is 7.23. The standard InChI is InChI=1S/C23H37N3O2/c1-18-6-4-7-19(2)22(18)17-25-13-9-21(10-14-25)26-12-5-8-20(16-26)23(27)24-11-15-28-3/h4,6-7,20-21H,5,8-17H2,1-3H3,(H,24,27)/t20-/m0/s1. The minimum absolute atomic E-state index is 0.137. The number of hydrogen-bond donors (Lipinski definition) is 1. The summed E-state index contributed by atoms with van der Waals surface area (Å²) in [5, 5.41) is 3.02. The number of hydrogen-bond acceptors (Lipinski definition) is 4. The van der Waals surface area contributed by atoms with Gasteiger partial charge in [-0.3, -0.25) is 14.6 Å². The number of carbonyl (C=O) groups is 1. The number of aryl methyl sites for hydroxylation is 2. The van der Waals surface area contributed by atoms with E-state index in [0.29, 0.717) is 19.2 Å². The lowest BCUT2D eigenvalue weighted by atomic mass is 9.93. The van der Waals surface area contributed by atoms with Crippen LogP contribution in [0.2, 0.25) is 0 Å². The summed E-state index contributed by atoms with van der Waals surface area (Å²) in [4.78, 5) is 17.6. The van der Waals surface area contributed by atoms with Crippen LogP contribution in [-0.2, 0) is 16.1 Å². The maximum Gasteiger partial charge on any atom is 0.224 e. The van der Waals surface area contributed by atoms with Crippen LogP contribution in [0.5, 0.6) is 0 Å². The van der Waals surface area contributed by atoms with Crippen molar-refractivity contribution in [3.63, 3.8) is 0 Å². The van der Waals surface area contributed by atoms with Gasteiger partial charge in [0, 0.05) is 32.8 Å². The topological polar surface area (TPSA) is 44.8 Å². The molecule has 5 nitrogen and oxygen atoms in total. The predicted octanol–water partition coefficient (Wildman–Crippen LogP) is 2.74. The Morgan fingerprint density at radius 3 is 2.54 bits per heavy atom. The van der Waals surface area contributed by atoms with Crippen molar-refractivity contribution in [3.8, 4) is 0 Å². The van der Waals surface area contributed by atoms with Crippen LogP contribution >= 0.6 is 0 Å². The van der Waals surface area contributed by atoms with Gasteiger partial charge in [0.25, 0.3) is 0 Å². The number of likely N-dealkylation sites (tertiary alicyclic amines) is 2. The van der Waals surface area contributed by atoms with Gasteiger partial charge in [0.05, 0.1) is 12.5 Å². The molecule has 0 aliphatic carbocycles. The highest BCUT2D eigenvalue weighted by atomic mass is 16.5. The number of ether oxygens (including phenoxy) is 1. The van der Waals surface area contributed by atoms with E-state index in [-0.39, 0.29) is 11.8 Å². The first-order valence-electron chi connectivity index (χ1n) is 10.9. The highest BCUT2D eigenvalue weighted by Crippen LogP contribution is 2.25. The molecule has 0 bridgehead atoms. The normalized spacial score (nSPS) is 22.3. The highest BCUT2D eigenvalue weighted by Gasteiger charge is 2.31. The van der Waals surface area contributed by atoms with Gasteiger partial charge >= 0.3 is 0 Å². The molecule has 0 radical (unpaired) electrons. The lowest BCUT2D eigenvalue weighted by molar-refractivity contribution is -0.127. The van der Waals surface area contributed by atoms with Crippen LogP contribution < -0.4 is 5.32 Å². The minimum atomic E-state index is 0.137. The zero-order valence-corrected chi connectivity index (χ0v) is 17.9. The molecular weight excluding hydrogens is 350 g/mol. The first-order chi connectivity index (χ1) is 13.6. The van der Waals surface area contributed by atoms with Gasteiger partial charge < -0.3 is 10.1 Å². The van der Waals surface area contributed by atoms with Crippen molar-refractivity contribution in [1.82, 2.24) is 15.1 Å². The monoisotopic (exact) mass is 387 g/mol. The molecule has 2 heterocycles. The van der Waals surface area contributed by atoms with Crippen LogP contribution in [0, 0.1) is 19.8 Å². The number of methoxy groups -OCH3 is 1. The zero-order valence-electron chi connectivity index (χ0n) is 17.9. The van der Waals surface area contributed by atoms with E-state index in [4.69, 9.17) is 4.74 Å². The second kappa shape index (κ2) is 10.4. The molecule has 1 atom stereocenters.